The summed E-state index contributed by atoms with van der Waals surface area (Å²) >= 11 is 6.14. The SMILES string of the molecule is CCOCCOc1ncc(CNC(C)(C)C)cc1Cl. The molecule has 1 aromatic heterocycles. The van der Waals surface area contributed by atoms with E-state index in [1.54, 1.807) is 6.20 Å². The monoisotopic (exact) mass is 286 g/mol. The summed E-state index contributed by atoms with van der Waals surface area (Å²) in [6.45, 7) is 10.7. The van der Waals surface area contributed by atoms with Crippen LogP contribution in [0.25, 0.3) is 0 Å². The molecular formula is C14H23ClN2O2. The van der Waals surface area contributed by atoms with Crippen LogP contribution in [-0.4, -0.2) is 30.3 Å². The van der Waals surface area contributed by atoms with E-state index in [1.165, 1.54) is 0 Å². The molecule has 0 aliphatic heterocycles. The van der Waals surface area contributed by atoms with Crippen LogP contribution in [0.2, 0.25) is 5.02 Å². The number of hydrogen-bond acceptors (Lipinski definition) is 4. The minimum absolute atomic E-state index is 0.0686. The van der Waals surface area contributed by atoms with Gasteiger partial charge in [-0.15, -0.1) is 0 Å². The average molecular weight is 287 g/mol. The Morgan fingerprint density at radius 2 is 2.05 bits per heavy atom. The molecule has 0 amide bonds. The van der Waals surface area contributed by atoms with Gasteiger partial charge in [0.15, 0.2) is 0 Å². The molecule has 1 rings (SSSR count). The molecule has 0 aliphatic rings. The van der Waals surface area contributed by atoms with Gasteiger partial charge in [0.05, 0.1) is 6.61 Å². The van der Waals surface area contributed by atoms with Gasteiger partial charge < -0.3 is 14.8 Å². The fourth-order valence-electron chi connectivity index (χ4n) is 1.38. The lowest BCUT2D eigenvalue weighted by molar-refractivity contribution is 0.108. The first-order valence-corrected chi connectivity index (χ1v) is 6.90. The molecule has 0 aliphatic carbocycles. The van der Waals surface area contributed by atoms with Crippen LogP contribution < -0.4 is 10.1 Å². The quantitative estimate of drug-likeness (QED) is 0.783. The summed E-state index contributed by atoms with van der Waals surface area (Å²) in [6, 6.07) is 1.88. The summed E-state index contributed by atoms with van der Waals surface area (Å²) in [6.07, 6.45) is 1.78. The number of nitrogens with one attached hydrogen (secondary N) is 1. The number of pyridine rings is 1. The van der Waals surface area contributed by atoms with E-state index < -0.39 is 0 Å². The van der Waals surface area contributed by atoms with E-state index >= 15 is 0 Å². The van der Waals surface area contributed by atoms with E-state index in [4.69, 9.17) is 21.1 Å². The summed E-state index contributed by atoms with van der Waals surface area (Å²) in [5, 5.41) is 3.92. The molecule has 0 fully saturated rings. The second kappa shape index (κ2) is 7.68. The fraction of sp³-hybridized carbons (Fsp3) is 0.643. The zero-order valence-electron chi connectivity index (χ0n) is 12.1. The van der Waals surface area contributed by atoms with Crippen LogP contribution in [0.1, 0.15) is 33.3 Å². The molecule has 5 heteroatoms. The Kier molecular flexibility index (Phi) is 6.55. The predicted molar refractivity (Wildman–Crippen MR) is 77.8 cm³/mol. The highest BCUT2D eigenvalue weighted by molar-refractivity contribution is 6.31. The van der Waals surface area contributed by atoms with E-state index in [9.17, 15) is 0 Å². The van der Waals surface area contributed by atoms with Crippen LogP contribution in [0.5, 0.6) is 5.88 Å². The predicted octanol–water partition coefficient (Wildman–Crippen LogP) is 3.04. The Labute approximate surface area is 120 Å². The van der Waals surface area contributed by atoms with Crippen LogP contribution in [0, 0.1) is 0 Å². The molecule has 1 heterocycles. The molecule has 19 heavy (non-hydrogen) atoms. The summed E-state index contributed by atoms with van der Waals surface area (Å²) < 4.78 is 10.6. The van der Waals surface area contributed by atoms with Gasteiger partial charge in [-0.3, -0.25) is 0 Å². The third-order valence-corrected chi connectivity index (χ3v) is 2.63. The van der Waals surface area contributed by atoms with Gasteiger partial charge in [0.25, 0.3) is 0 Å². The number of nitrogens with zero attached hydrogens (tertiary/aromatic N) is 1. The second-order valence-corrected chi connectivity index (χ2v) is 5.69. The summed E-state index contributed by atoms with van der Waals surface area (Å²) in [5.74, 6) is 0.459. The van der Waals surface area contributed by atoms with Crippen molar-refractivity contribution in [1.82, 2.24) is 10.3 Å². The highest BCUT2D eigenvalue weighted by Crippen LogP contribution is 2.22. The van der Waals surface area contributed by atoms with E-state index in [0.717, 1.165) is 12.1 Å². The second-order valence-electron chi connectivity index (χ2n) is 5.28. The van der Waals surface area contributed by atoms with Crippen molar-refractivity contribution in [1.29, 1.82) is 0 Å². The van der Waals surface area contributed by atoms with E-state index in [1.807, 2.05) is 13.0 Å². The minimum Gasteiger partial charge on any atom is -0.474 e. The molecule has 108 valence electrons. The van der Waals surface area contributed by atoms with Crippen molar-refractivity contribution in [2.75, 3.05) is 19.8 Å². The maximum absolute atomic E-state index is 6.14. The molecule has 0 unspecified atom stereocenters. The largest absolute Gasteiger partial charge is 0.474 e. The summed E-state index contributed by atoms with van der Waals surface area (Å²) in [5.41, 5.74) is 1.11. The average Bonchev–Trinajstić information content (AvgIpc) is 2.33. The molecule has 0 radical (unpaired) electrons. The van der Waals surface area contributed by atoms with E-state index in [0.29, 0.717) is 30.7 Å². The number of rotatable bonds is 7. The minimum atomic E-state index is 0.0686. The first kappa shape index (κ1) is 16.2. The fourth-order valence-corrected chi connectivity index (χ4v) is 1.62. The van der Waals surface area contributed by atoms with Crippen molar-refractivity contribution in [3.05, 3.63) is 22.8 Å². The van der Waals surface area contributed by atoms with Crippen molar-refractivity contribution in [2.24, 2.45) is 0 Å². The molecule has 0 aromatic carbocycles. The van der Waals surface area contributed by atoms with Gasteiger partial charge >= 0.3 is 0 Å². The maximum atomic E-state index is 6.14. The molecule has 1 N–H and O–H groups in total. The van der Waals surface area contributed by atoms with Crippen LogP contribution >= 0.6 is 11.6 Å². The number of aromatic nitrogens is 1. The lowest BCUT2D eigenvalue weighted by atomic mass is 10.1. The van der Waals surface area contributed by atoms with Crippen LogP contribution in [-0.2, 0) is 11.3 Å². The van der Waals surface area contributed by atoms with Crippen molar-refractivity contribution in [3.8, 4) is 5.88 Å². The Morgan fingerprint density at radius 1 is 1.32 bits per heavy atom. The lowest BCUT2D eigenvalue weighted by Crippen LogP contribution is -2.35. The van der Waals surface area contributed by atoms with Crippen LogP contribution in [0.15, 0.2) is 12.3 Å². The number of halogens is 1. The third-order valence-electron chi connectivity index (χ3n) is 2.36. The van der Waals surface area contributed by atoms with Crippen molar-refractivity contribution in [3.63, 3.8) is 0 Å². The van der Waals surface area contributed by atoms with Gasteiger partial charge in [0.2, 0.25) is 5.88 Å². The standard InChI is InChI=1S/C14H23ClN2O2/c1-5-18-6-7-19-13-12(15)8-11(9-16-13)10-17-14(2,3)4/h8-9,17H,5-7,10H2,1-4H3. The molecular weight excluding hydrogens is 264 g/mol. The molecule has 4 nitrogen and oxygen atoms in total. The van der Waals surface area contributed by atoms with E-state index in [2.05, 4.69) is 31.1 Å². The van der Waals surface area contributed by atoms with Gasteiger partial charge in [-0.25, -0.2) is 4.98 Å². The van der Waals surface area contributed by atoms with Gasteiger partial charge in [0.1, 0.15) is 11.6 Å². The molecule has 1 aromatic rings. The zero-order chi connectivity index (χ0) is 14.3. The van der Waals surface area contributed by atoms with Gasteiger partial charge in [-0.05, 0) is 39.3 Å². The van der Waals surface area contributed by atoms with Crippen LogP contribution in [0.3, 0.4) is 0 Å². The van der Waals surface area contributed by atoms with Crippen molar-refractivity contribution >= 4 is 11.6 Å². The maximum Gasteiger partial charge on any atom is 0.232 e. The first-order valence-electron chi connectivity index (χ1n) is 6.52. The molecule has 0 saturated carbocycles. The molecule has 0 saturated heterocycles. The molecule has 0 bridgehead atoms. The highest BCUT2D eigenvalue weighted by Gasteiger charge is 2.10. The van der Waals surface area contributed by atoms with Gasteiger partial charge in [-0.1, -0.05) is 11.6 Å². The Bertz CT molecular complexity index is 392. The summed E-state index contributed by atoms with van der Waals surface area (Å²) in [4.78, 5) is 4.23. The van der Waals surface area contributed by atoms with Crippen molar-refractivity contribution in [2.45, 2.75) is 39.8 Å². The normalized spacial score (nSPS) is 11.6. The number of ether oxygens (including phenoxy) is 2. The lowest BCUT2D eigenvalue weighted by Gasteiger charge is -2.20. The Balaban J connectivity index is 2.49. The topological polar surface area (TPSA) is 43.4 Å². The summed E-state index contributed by atoms with van der Waals surface area (Å²) in [7, 11) is 0. The molecule has 0 spiro atoms. The number of hydrogen-bond donors (Lipinski definition) is 1. The zero-order valence-corrected chi connectivity index (χ0v) is 12.9. The molecule has 0 atom stereocenters. The van der Waals surface area contributed by atoms with Gasteiger partial charge in [-0.2, -0.15) is 0 Å². The van der Waals surface area contributed by atoms with E-state index in [-0.39, 0.29) is 5.54 Å². The van der Waals surface area contributed by atoms with Crippen molar-refractivity contribution < 1.29 is 9.47 Å². The Morgan fingerprint density at radius 3 is 2.63 bits per heavy atom. The first-order chi connectivity index (χ1) is 8.92. The van der Waals surface area contributed by atoms with Gasteiger partial charge in [0, 0.05) is 24.9 Å². The van der Waals surface area contributed by atoms with Crippen LogP contribution in [0.4, 0.5) is 0 Å². The smallest absolute Gasteiger partial charge is 0.232 e. The Hall–Kier alpha value is -0.840. The highest BCUT2D eigenvalue weighted by atomic mass is 35.5. The third kappa shape index (κ3) is 6.76.